The summed E-state index contributed by atoms with van der Waals surface area (Å²) in [6, 6.07) is 10.2. The van der Waals surface area contributed by atoms with Crippen molar-refractivity contribution in [2.24, 2.45) is 0 Å². The van der Waals surface area contributed by atoms with Gasteiger partial charge >= 0.3 is 0 Å². The minimum absolute atomic E-state index is 0.167. The molecule has 0 bridgehead atoms. The van der Waals surface area contributed by atoms with Gasteiger partial charge in [-0.1, -0.05) is 44.2 Å². The Labute approximate surface area is 103 Å². The molecule has 3 heteroatoms. The van der Waals surface area contributed by atoms with E-state index in [4.69, 9.17) is 5.11 Å². The van der Waals surface area contributed by atoms with Crippen LogP contribution in [0.4, 0.5) is 0 Å². The number of hydrogen-bond donors (Lipinski definition) is 1. The van der Waals surface area contributed by atoms with E-state index in [1.807, 2.05) is 32.0 Å². The molecular weight excluding hydrogens is 212 g/mol. The van der Waals surface area contributed by atoms with Crippen LogP contribution < -0.4 is 0 Å². The Kier molecular flexibility index (Phi) is 6.04. The highest BCUT2D eigenvalue weighted by atomic mass is 16.3. The van der Waals surface area contributed by atoms with Crippen molar-refractivity contribution in [3.63, 3.8) is 0 Å². The first-order valence-electron chi connectivity index (χ1n) is 6.04. The maximum absolute atomic E-state index is 8.89. The maximum Gasteiger partial charge on any atom is 0.0951 e. The summed E-state index contributed by atoms with van der Waals surface area (Å²) < 4.78 is 2.06. The van der Waals surface area contributed by atoms with Gasteiger partial charge in [0, 0.05) is 31.5 Å². The number of imidazole rings is 1. The van der Waals surface area contributed by atoms with E-state index >= 15 is 0 Å². The second-order valence-electron chi connectivity index (χ2n) is 3.47. The molecule has 0 unspecified atom stereocenters. The van der Waals surface area contributed by atoms with Crippen LogP contribution in [0.1, 0.15) is 25.1 Å². The molecule has 0 radical (unpaired) electrons. The van der Waals surface area contributed by atoms with Crippen LogP contribution in [0.2, 0.25) is 0 Å². The van der Waals surface area contributed by atoms with Crippen molar-refractivity contribution in [3.8, 4) is 0 Å². The van der Waals surface area contributed by atoms with Crippen LogP contribution in [-0.4, -0.2) is 21.3 Å². The largest absolute Gasteiger partial charge is 0.396 e. The van der Waals surface area contributed by atoms with Crippen LogP contribution in [0.15, 0.2) is 42.9 Å². The Morgan fingerprint density at radius 3 is 2.53 bits per heavy atom. The van der Waals surface area contributed by atoms with E-state index in [0.29, 0.717) is 6.42 Å². The third-order valence-electron chi connectivity index (χ3n) is 2.36. The molecule has 1 N–H and O–H groups in total. The van der Waals surface area contributed by atoms with Gasteiger partial charge in [0.1, 0.15) is 0 Å². The summed E-state index contributed by atoms with van der Waals surface area (Å²) in [7, 11) is 0. The fourth-order valence-corrected chi connectivity index (χ4v) is 1.59. The zero-order chi connectivity index (χ0) is 12.5. The molecule has 2 aromatic rings. The molecule has 1 heterocycles. The van der Waals surface area contributed by atoms with Gasteiger partial charge in [-0.3, -0.25) is 0 Å². The van der Waals surface area contributed by atoms with Crippen LogP contribution in [0.3, 0.4) is 0 Å². The Morgan fingerprint density at radius 1 is 1.18 bits per heavy atom. The highest BCUT2D eigenvalue weighted by molar-refractivity contribution is 5.16. The van der Waals surface area contributed by atoms with Gasteiger partial charge in [0.25, 0.3) is 0 Å². The second kappa shape index (κ2) is 7.63. The summed E-state index contributed by atoms with van der Waals surface area (Å²) in [6.07, 6.45) is 4.27. The van der Waals surface area contributed by atoms with Gasteiger partial charge in [-0.25, -0.2) is 4.98 Å². The molecule has 0 aliphatic carbocycles. The third-order valence-corrected chi connectivity index (χ3v) is 2.36. The lowest BCUT2D eigenvalue weighted by Gasteiger charge is -2.06. The number of benzene rings is 1. The Balaban J connectivity index is 0.000000686. The molecule has 0 aliphatic heterocycles. The van der Waals surface area contributed by atoms with Crippen molar-refractivity contribution in [1.82, 2.24) is 9.55 Å². The van der Waals surface area contributed by atoms with Gasteiger partial charge in [0.15, 0.2) is 0 Å². The van der Waals surface area contributed by atoms with Gasteiger partial charge in [-0.05, 0) is 5.56 Å². The topological polar surface area (TPSA) is 38.1 Å². The predicted octanol–water partition coefficient (Wildman–Crippen LogP) is 2.49. The third kappa shape index (κ3) is 4.04. The number of hydrogen-bond acceptors (Lipinski definition) is 2. The standard InChI is InChI=1S/C12H14N2O.C2H6/c15-7-6-12-8-13-10-14(12)9-11-4-2-1-3-5-11;1-2/h1-5,8,10,15H,6-7,9H2;1-2H3. The van der Waals surface area contributed by atoms with Gasteiger partial charge in [-0.2, -0.15) is 0 Å². The number of aliphatic hydroxyl groups excluding tert-OH is 1. The molecule has 0 amide bonds. The smallest absolute Gasteiger partial charge is 0.0951 e. The molecule has 0 spiro atoms. The monoisotopic (exact) mass is 232 g/mol. The molecule has 0 aliphatic rings. The lowest BCUT2D eigenvalue weighted by molar-refractivity contribution is 0.296. The van der Waals surface area contributed by atoms with Gasteiger partial charge in [0.2, 0.25) is 0 Å². The van der Waals surface area contributed by atoms with Crippen LogP contribution in [0.5, 0.6) is 0 Å². The Hall–Kier alpha value is -1.61. The van der Waals surface area contributed by atoms with E-state index in [2.05, 4.69) is 21.7 Å². The van der Waals surface area contributed by atoms with E-state index in [9.17, 15) is 0 Å². The van der Waals surface area contributed by atoms with E-state index < -0.39 is 0 Å². The van der Waals surface area contributed by atoms with E-state index in [0.717, 1.165) is 12.2 Å². The highest BCUT2D eigenvalue weighted by Gasteiger charge is 2.01. The Bertz CT molecular complexity index is 409. The molecule has 2 rings (SSSR count). The van der Waals surface area contributed by atoms with Crippen molar-refractivity contribution in [1.29, 1.82) is 0 Å². The highest BCUT2D eigenvalue weighted by Crippen LogP contribution is 2.06. The molecular formula is C14H20N2O. The maximum atomic E-state index is 8.89. The number of rotatable bonds is 4. The summed E-state index contributed by atoms with van der Waals surface area (Å²) >= 11 is 0. The molecule has 3 nitrogen and oxygen atoms in total. The SMILES string of the molecule is CC.OCCc1cncn1Cc1ccccc1. The lowest BCUT2D eigenvalue weighted by Crippen LogP contribution is -2.04. The minimum atomic E-state index is 0.167. The van der Waals surface area contributed by atoms with Gasteiger partial charge in [-0.15, -0.1) is 0 Å². The summed E-state index contributed by atoms with van der Waals surface area (Å²) in [5.74, 6) is 0. The fourth-order valence-electron chi connectivity index (χ4n) is 1.59. The first-order chi connectivity index (χ1) is 8.40. The number of aliphatic hydroxyl groups is 1. The van der Waals surface area contributed by atoms with Crippen molar-refractivity contribution in [2.45, 2.75) is 26.8 Å². The molecule has 92 valence electrons. The summed E-state index contributed by atoms with van der Waals surface area (Å²) in [5.41, 5.74) is 2.32. The summed E-state index contributed by atoms with van der Waals surface area (Å²) in [4.78, 5) is 4.09. The second-order valence-corrected chi connectivity index (χ2v) is 3.47. The van der Waals surface area contributed by atoms with Crippen LogP contribution in [-0.2, 0) is 13.0 Å². The quantitative estimate of drug-likeness (QED) is 0.879. The van der Waals surface area contributed by atoms with E-state index in [1.165, 1.54) is 5.56 Å². The average molecular weight is 232 g/mol. The molecule has 1 aromatic heterocycles. The first kappa shape index (κ1) is 13.5. The molecule has 0 atom stereocenters. The van der Waals surface area contributed by atoms with Crippen LogP contribution >= 0.6 is 0 Å². The van der Waals surface area contributed by atoms with Crippen molar-refractivity contribution < 1.29 is 5.11 Å². The van der Waals surface area contributed by atoms with E-state index in [-0.39, 0.29) is 6.61 Å². The zero-order valence-electron chi connectivity index (χ0n) is 10.5. The molecule has 1 aromatic carbocycles. The fraction of sp³-hybridized carbons (Fsp3) is 0.357. The average Bonchev–Trinajstić information content (AvgIpc) is 2.81. The van der Waals surface area contributed by atoms with Crippen LogP contribution in [0, 0.1) is 0 Å². The van der Waals surface area contributed by atoms with Crippen molar-refractivity contribution >= 4 is 0 Å². The van der Waals surface area contributed by atoms with Crippen molar-refractivity contribution in [3.05, 3.63) is 54.1 Å². The van der Waals surface area contributed by atoms with Gasteiger partial charge < -0.3 is 9.67 Å². The number of aromatic nitrogens is 2. The molecule has 0 saturated carbocycles. The van der Waals surface area contributed by atoms with Crippen LogP contribution in [0.25, 0.3) is 0 Å². The molecule has 0 saturated heterocycles. The van der Waals surface area contributed by atoms with Crippen molar-refractivity contribution in [2.75, 3.05) is 6.61 Å². The van der Waals surface area contributed by atoms with Gasteiger partial charge in [0.05, 0.1) is 6.33 Å². The normalized spacial score (nSPS) is 9.59. The Morgan fingerprint density at radius 2 is 1.88 bits per heavy atom. The minimum Gasteiger partial charge on any atom is -0.396 e. The molecule has 17 heavy (non-hydrogen) atoms. The number of nitrogens with zero attached hydrogens (tertiary/aromatic N) is 2. The van der Waals surface area contributed by atoms with E-state index in [1.54, 1.807) is 12.5 Å². The molecule has 0 fully saturated rings. The lowest BCUT2D eigenvalue weighted by atomic mass is 10.2. The zero-order valence-corrected chi connectivity index (χ0v) is 10.5. The summed E-state index contributed by atoms with van der Waals surface area (Å²) in [5, 5.41) is 8.89. The predicted molar refractivity (Wildman–Crippen MR) is 69.9 cm³/mol. The first-order valence-corrected chi connectivity index (χ1v) is 6.04. The summed E-state index contributed by atoms with van der Waals surface area (Å²) in [6.45, 7) is 4.98.